The highest BCUT2D eigenvalue weighted by Gasteiger charge is 2.00. The van der Waals surface area contributed by atoms with Crippen molar-refractivity contribution in [1.82, 2.24) is 4.98 Å². The number of hydrogen-bond donors (Lipinski definition) is 1. The van der Waals surface area contributed by atoms with Gasteiger partial charge in [-0.2, -0.15) is 5.26 Å². The van der Waals surface area contributed by atoms with Gasteiger partial charge in [-0.05, 0) is 19.1 Å². The molecule has 1 rings (SSSR count). The average molecular weight is 252 g/mol. The number of anilines is 1. The first kappa shape index (κ1) is 13.5. The zero-order chi connectivity index (χ0) is 12.7. The lowest BCUT2D eigenvalue weighted by Crippen LogP contribution is -2.11. The predicted octanol–water partition coefficient (Wildman–Crippen LogP) is 2.61. The Morgan fingerprint density at radius 2 is 2.41 bits per heavy atom. The van der Waals surface area contributed by atoms with E-state index in [4.69, 9.17) is 21.6 Å². The summed E-state index contributed by atoms with van der Waals surface area (Å²) in [5.41, 5.74) is 1.47. The van der Waals surface area contributed by atoms with Gasteiger partial charge in [0.15, 0.2) is 0 Å². The van der Waals surface area contributed by atoms with Crippen molar-refractivity contribution in [3.63, 3.8) is 0 Å². The number of rotatable bonds is 6. The van der Waals surface area contributed by atoms with Gasteiger partial charge in [0.2, 0.25) is 0 Å². The Bertz CT molecular complexity index is 440. The van der Waals surface area contributed by atoms with Crippen molar-refractivity contribution in [2.24, 2.45) is 0 Å². The van der Waals surface area contributed by atoms with Gasteiger partial charge in [0.25, 0.3) is 0 Å². The van der Waals surface area contributed by atoms with E-state index in [2.05, 4.69) is 16.9 Å². The Balaban J connectivity index is 2.39. The number of nitrogens with zero attached hydrogens (tertiary/aromatic N) is 2. The average Bonchev–Trinajstić information content (AvgIpc) is 2.27. The molecule has 0 fully saturated rings. The van der Waals surface area contributed by atoms with Gasteiger partial charge in [0.05, 0.1) is 24.8 Å². The van der Waals surface area contributed by atoms with Gasteiger partial charge in [-0.3, -0.25) is 0 Å². The largest absolute Gasteiger partial charge is 0.375 e. The van der Waals surface area contributed by atoms with Crippen LogP contribution in [-0.2, 0) is 4.74 Å². The van der Waals surface area contributed by atoms with Gasteiger partial charge in [-0.15, -0.1) is 0 Å². The van der Waals surface area contributed by atoms with Gasteiger partial charge >= 0.3 is 0 Å². The second-order valence-electron chi connectivity index (χ2n) is 3.61. The van der Waals surface area contributed by atoms with E-state index in [0.29, 0.717) is 36.3 Å². The maximum absolute atomic E-state index is 8.76. The molecule has 0 aliphatic rings. The highest BCUT2D eigenvalue weighted by atomic mass is 35.5. The van der Waals surface area contributed by atoms with Gasteiger partial charge in [-0.25, -0.2) is 4.98 Å². The van der Waals surface area contributed by atoms with Gasteiger partial charge in [-0.1, -0.05) is 23.8 Å². The summed E-state index contributed by atoms with van der Waals surface area (Å²) in [4.78, 5) is 4.04. The molecule has 0 saturated carbocycles. The molecule has 17 heavy (non-hydrogen) atoms. The minimum absolute atomic E-state index is 0.300. The maximum Gasteiger partial charge on any atom is 0.132 e. The monoisotopic (exact) mass is 251 g/mol. The molecular weight excluding hydrogens is 238 g/mol. The summed E-state index contributed by atoms with van der Waals surface area (Å²) >= 11 is 5.77. The van der Waals surface area contributed by atoms with Crippen LogP contribution in [0, 0.1) is 11.3 Å². The fraction of sp³-hybridized carbons (Fsp3) is 0.333. The normalized spacial score (nSPS) is 9.71. The number of ether oxygens (including phenoxy) is 1. The van der Waals surface area contributed by atoms with E-state index in [1.807, 2.05) is 13.0 Å². The molecule has 0 spiro atoms. The van der Waals surface area contributed by atoms with Crippen molar-refractivity contribution in [3.05, 3.63) is 35.0 Å². The van der Waals surface area contributed by atoms with Crippen LogP contribution in [0.4, 0.5) is 5.82 Å². The molecule has 4 nitrogen and oxygen atoms in total. The Morgan fingerprint density at radius 1 is 1.65 bits per heavy atom. The van der Waals surface area contributed by atoms with Crippen LogP contribution in [0.1, 0.15) is 12.5 Å². The lowest BCUT2D eigenvalue weighted by atomic mass is 10.3. The van der Waals surface area contributed by atoms with Crippen LogP contribution in [0.3, 0.4) is 0 Å². The van der Waals surface area contributed by atoms with Crippen LogP contribution in [0.2, 0.25) is 5.15 Å². The SMILES string of the molecule is C=C(C)COCCNc1cc(C#N)cc(Cl)n1. The molecule has 1 aromatic heterocycles. The highest BCUT2D eigenvalue weighted by Crippen LogP contribution is 2.13. The van der Waals surface area contributed by atoms with E-state index < -0.39 is 0 Å². The summed E-state index contributed by atoms with van der Waals surface area (Å²) in [5.74, 6) is 0.577. The van der Waals surface area contributed by atoms with E-state index in [9.17, 15) is 0 Å². The fourth-order valence-corrected chi connectivity index (χ4v) is 1.36. The molecular formula is C12H14ClN3O. The summed E-state index contributed by atoms with van der Waals surface area (Å²) in [6.45, 7) is 7.34. The molecule has 0 saturated heterocycles. The van der Waals surface area contributed by atoms with E-state index >= 15 is 0 Å². The number of pyridine rings is 1. The van der Waals surface area contributed by atoms with Crippen molar-refractivity contribution in [2.75, 3.05) is 25.1 Å². The summed E-state index contributed by atoms with van der Waals surface area (Å²) in [6.07, 6.45) is 0. The molecule has 0 aliphatic heterocycles. The Labute approximate surface area is 106 Å². The van der Waals surface area contributed by atoms with Crippen LogP contribution in [0.15, 0.2) is 24.3 Å². The lowest BCUT2D eigenvalue weighted by Gasteiger charge is -2.07. The summed E-state index contributed by atoms with van der Waals surface area (Å²) in [6, 6.07) is 5.18. The van der Waals surface area contributed by atoms with E-state index in [1.54, 1.807) is 6.07 Å². The quantitative estimate of drug-likeness (QED) is 0.480. The van der Waals surface area contributed by atoms with Crippen molar-refractivity contribution < 1.29 is 4.74 Å². The second kappa shape index (κ2) is 6.89. The van der Waals surface area contributed by atoms with Crippen molar-refractivity contribution in [1.29, 1.82) is 5.26 Å². The van der Waals surface area contributed by atoms with Crippen molar-refractivity contribution in [3.8, 4) is 6.07 Å². The predicted molar refractivity (Wildman–Crippen MR) is 68.1 cm³/mol. The van der Waals surface area contributed by atoms with E-state index in [1.165, 1.54) is 6.07 Å². The Kier molecular flexibility index (Phi) is 5.47. The number of hydrogen-bond acceptors (Lipinski definition) is 4. The van der Waals surface area contributed by atoms with Crippen molar-refractivity contribution in [2.45, 2.75) is 6.92 Å². The minimum Gasteiger partial charge on any atom is -0.375 e. The van der Waals surface area contributed by atoms with Crippen LogP contribution in [0.25, 0.3) is 0 Å². The summed E-state index contributed by atoms with van der Waals surface area (Å²) in [7, 11) is 0. The molecule has 1 N–H and O–H groups in total. The number of aromatic nitrogens is 1. The number of nitriles is 1. The third kappa shape index (κ3) is 5.34. The molecule has 0 unspecified atom stereocenters. The highest BCUT2D eigenvalue weighted by molar-refractivity contribution is 6.29. The molecule has 0 bridgehead atoms. The second-order valence-corrected chi connectivity index (χ2v) is 4.00. The smallest absolute Gasteiger partial charge is 0.132 e. The minimum atomic E-state index is 0.300. The molecule has 90 valence electrons. The van der Waals surface area contributed by atoms with E-state index in [-0.39, 0.29) is 0 Å². The van der Waals surface area contributed by atoms with Gasteiger partial charge in [0, 0.05) is 6.54 Å². The zero-order valence-corrected chi connectivity index (χ0v) is 10.4. The third-order valence-electron chi connectivity index (χ3n) is 1.82. The molecule has 0 aromatic carbocycles. The Hall–Kier alpha value is -1.57. The number of halogens is 1. The van der Waals surface area contributed by atoms with Gasteiger partial charge < -0.3 is 10.1 Å². The first-order valence-corrected chi connectivity index (χ1v) is 5.53. The van der Waals surface area contributed by atoms with Crippen LogP contribution in [-0.4, -0.2) is 24.7 Å². The summed E-state index contributed by atoms with van der Waals surface area (Å²) < 4.78 is 5.32. The lowest BCUT2D eigenvalue weighted by molar-refractivity contribution is 0.167. The zero-order valence-electron chi connectivity index (χ0n) is 9.66. The summed E-state index contributed by atoms with van der Waals surface area (Å²) in [5, 5.41) is 12.1. The van der Waals surface area contributed by atoms with Crippen LogP contribution in [0.5, 0.6) is 0 Å². The fourth-order valence-electron chi connectivity index (χ4n) is 1.15. The molecule has 1 heterocycles. The molecule has 0 radical (unpaired) electrons. The maximum atomic E-state index is 8.76. The van der Waals surface area contributed by atoms with E-state index in [0.717, 1.165) is 5.57 Å². The van der Waals surface area contributed by atoms with Crippen LogP contribution < -0.4 is 5.32 Å². The molecule has 0 atom stereocenters. The topological polar surface area (TPSA) is 57.9 Å². The molecule has 5 heteroatoms. The third-order valence-corrected chi connectivity index (χ3v) is 2.02. The number of nitrogens with one attached hydrogen (secondary N) is 1. The standard InChI is InChI=1S/C12H14ClN3O/c1-9(2)8-17-4-3-15-12-6-10(7-14)5-11(13)16-12/h5-6H,1,3-4,8H2,2H3,(H,15,16). The first-order valence-electron chi connectivity index (χ1n) is 5.15. The van der Waals surface area contributed by atoms with Crippen molar-refractivity contribution >= 4 is 17.4 Å². The molecule has 0 aliphatic carbocycles. The first-order chi connectivity index (χ1) is 8.11. The van der Waals surface area contributed by atoms with Gasteiger partial charge in [0.1, 0.15) is 11.0 Å². The Morgan fingerprint density at radius 3 is 3.06 bits per heavy atom. The van der Waals surface area contributed by atoms with Crippen LogP contribution >= 0.6 is 11.6 Å². The molecule has 1 aromatic rings. The molecule has 0 amide bonds.